The molecule has 2 heterocycles. The number of rotatable bonds is 6. The summed E-state index contributed by atoms with van der Waals surface area (Å²) in [6, 6.07) is 4.32. The Labute approximate surface area is 125 Å². The fraction of sp³-hybridized carbons (Fsp3) is 0.417. The van der Waals surface area contributed by atoms with Crippen LogP contribution in [-0.4, -0.2) is 27.5 Å². The van der Waals surface area contributed by atoms with Gasteiger partial charge < -0.3 is 5.73 Å². The van der Waals surface area contributed by atoms with Gasteiger partial charge >= 0.3 is 0 Å². The highest BCUT2D eigenvalue weighted by Crippen LogP contribution is 2.31. The maximum atomic E-state index is 5.93. The molecule has 0 radical (unpaired) electrons. The van der Waals surface area contributed by atoms with Crippen molar-refractivity contribution < 1.29 is 0 Å². The van der Waals surface area contributed by atoms with Crippen molar-refractivity contribution in [1.29, 1.82) is 0 Å². The maximum absolute atomic E-state index is 5.93. The number of nitrogens with two attached hydrogens (primary N) is 1. The second-order valence-corrected chi connectivity index (χ2v) is 7.32. The first-order valence-corrected chi connectivity index (χ1v) is 8.83. The van der Waals surface area contributed by atoms with Gasteiger partial charge in [-0.1, -0.05) is 36.1 Å². The van der Waals surface area contributed by atoms with E-state index in [2.05, 4.69) is 28.2 Å². The van der Waals surface area contributed by atoms with Crippen molar-refractivity contribution >= 4 is 34.9 Å². The first kappa shape index (κ1) is 14.8. The van der Waals surface area contributed by atoms with Gasteiger partial charge in [0.15, 0.2) is 8.68 Å². The van der Waals surface area contributed by atoms with Crippen molar-refractivity contribution in [3.05, 3.63) is 23.9 Å². The molecular formula is C12H16N4S3. The number of aromatic nitrogens is 3. The predicted octanol–water partition coefficient (Wildman–Crippen LogP) is 3.09. The molecule has 0 aliphatic heterocycles. The highest BCUT2D eigenvalue weighted by molar-refractivity contribution is 8.02. The summed E-state index contributed by atoms with van der Waals surface area (Å²) in [7, 11) is 0. The van der Waals surface area contributed by atoms with Gasteiger partial charge in [0, 0.05) is 12.2 Å². The van der Waals surface area contributed by atoms with E-state index < -0.39 is 0 Å². The summed E-state index contributed by atoms with van der Waals surface area (Å²) in [5.41, 5.74) is 7.11. The van der Waals surface area contributed by atoms with E-state index in [1.807, 2.05) is 18.5 Å². The van der Waals surface area contributed by atoms with Crippen molar-refractivity contribution in [2.45, 2.75) is 39.5 Å². The zero-order chi connectivity index (χ0) is 13.7. The van der Waals surface area contributed by atoms with Crippen LogP contribution in [-0.2, 0) is 6.42 Å². The van der Waals surface area contributed by atoms with Gasteiger partial charge in [0.25, 0.3) is 0 Å². The van der Waals surface area contributed by atoms with E-state index in [0.717, 1.165) is 26.5 Å². The Balaban J connectivity index is 1.98. The number of pyridine rings is 1. The van der Waals surface area contributed by atoms with E-state index in [1.54, 1.807) is 34.9 Å². The van der Waals surface area contributed by atoms with Crippen LogP contribution >= 0.6 is 34.9 Å². The average Bonchev–Trinajstić information content (AvgIpc) is 2.88. The third kappa shape index (κ3) is 4.45. The molecule has 0 fully saturated rings. The highest BCUT2D eigenvalue weighted by atomic mass is 32.2. The first-order chi connectivity index (χ1) is 9.21. The van der Waals surface area contributed by atoms with Crippen molar-refractivity contribution in [1.82, 2.24) is 15.2 Å². The summed E-state index contributed by atoms with van der Waals surface area (Å²) in [5, 5.41) is 9.12. The fourth-order valence-electron chi connectivity index (χ4n) is 1.45. The second-order valence-electron chi connectivity index (χ2n) is 4.02. The molecule has 0 aromatic carbocycles. The van der Waals surface area contributed by atoms with E-state index in [4.69, 9.17) is 5.73 Å². The molecule has 2 rings (SSSR count). The standard InChI is InChI=1S/C12H16N4S3/c1-3-9(13)6-8-4-5-10(14-7-8)18-12-16-15-11(17-2)19-12/h4-5,7,9H,3,6,13H2,1-2H3. The molecule has 2 aromatic rings. The third-order valence-electron chi connectivity index (χ3n) is 2.57. The summed E-state index contributed by atoms with van der Waals surface area (Å²) >= 11 is 4.75. The lowest BCUT2D eigenvalue weighted by molar-refractivity contribution is 0.644. The molecule has 19 heavy (non-hydrogen) atoms. The van der Waals surface area contributed by atoms with Gasteiger partial charge in [-0.05, 0) is 42.5 Å². The van der Waals surface area contributed by atoms with Crippen LogP contribution in [0.1, 0.15) is 18.9 Å². The minimum absolute atomic E-state index is 0.215. The molecule has 7 heteroatoms. The quantitative estimate of drug-likeness (QED) is 0.827. The summed E-state index contributed by atoms with van der Waals surface area (Å²) in [5.74, 6) is 0. The predicted molar refractivity (Wildman–Crippen MR) is 82.0 cm³/mol. The zero-order valence-electron chi connectivity index (χ0n) is 10.9. The summed E-state index contributed by atoms with van der Waals surface area (Å²) in [6.45, 7) is 2.10. The lowest BCUT2D eigenvalue weighted by atomic mass is 10.1. The monoisotopic (exact) mass is 312 g/mol. The summed E-state index contributed by atoms with van der Waals surface area (Å²) < 4.78 is 1.91. The number of hydrogen-bond acceptors (Lipinski definition) is 7. The van der Waals surface area contributed by atoms with Crippen molar-refractivity contribution in [3.8, 4) is 0 Å². The normalized spacial score (nSPS) is 12.6. The van der Waals surface area contributed by atoms with Gasteiger partial charge in [-0.25, -0.2) is 4.98 Å². The van der Waals surface area contributed by atoms with E-state index in [9.17, 15) is 0 Å². The van der Waals surface area contributed by atoms with Crippen LogP contribution in [0.5, 0.6) is 0 Å². The Morgan fingerprint density at radius 1 is 1.32 bits per heavy atom. The smallest absolute Gasteiger partial charge is 0.181 e. The highest BCUT2D eigenvalue weighted by Gasteiger charge is 2.07. The van der Waals surface area contributed by atoms with Crippen LogP contribution in [0.4, 0.5) is 0 Å². The Morgan fingerprint density at radius 3 is 2.68 bits per heavy atom. The Bertz CT molecular complexity index is 512. The fourth-order valence-corrected chi connectivity index (χ4v) is 3.77. The Morgan fingerprint density at radius 2 is 2.11 bits per heavy atom. The minimum Gasteiger partial charge on any atom is -0.327 e. The molecular weight excluding hydrogens is 296 g/mol. The van der Waals surface area contributed by atoms with E-state index in [1.165, 1.54) is 5.56 Å². The lowest BCUT2D eigenvalue weighted by Gasteiger charge is -2.08. The molecule has 1 atom stereocenters. The van der Waals surface area contributed by atoms with Crippen LogP contribution in [0.25, 0.3) is 0 Å². The van der Waals surface area contributed by atoms with Gasteiger partial charge in [0.1, 0.15) is 5.03 Å². The van der Waals surface area contributed by atoms with Crippen molar-refractivity contribution in [2.75, 3.05) is 6.26 Å². The van der Waals surface area contributed by atoms with Gasteiger partial charge in [-0.2, -0.15) is 0 Å². The van der Waals surface area contributed by atoms with Crippen LogP contribution in [0.3, 0.4) is 0 Å². The molecule has 0 saturated carbocycles. The number of nitrogens with zero attached hydrogens (tertiary/aromatic N) is 3. The third-order valence-corrected chi connectivity index (χ3v) is 5.47. The number of thioether (sulfide) groups is 1. The second kappa shape index (κ2) is 7.23. The van der Waals surface area contributed by atoms with Crippen molar-refractivity contribution in [3.63, 3.8) is 0 Å². The molecule has 0 aliphatic carbocycles. The maximum Gasteiger partial charge on any atom is 0.181 e. The first-order valence-electron chi connectivity index (χ1n) is 5.97. The molecule has 0 saturated heterocycles. The van der Waals surface area contributed by atoms with Crippen LogP contribution in [0, 0.1) is 0 Å². The van der Waals surface area contributed by atoms with Crippen LogP contribution in [0.15, 0.2) is 32.0 Å². The van der Waals surface area contributed by atoms with Gasteiger partial charge in [-0.3, -0.25) is 0 Å². The summed E-state index contributed by atoms with van der Waals surface area (Å²) in [4.78, 5) is 4.44. The van der Waals surface area contributed by atoms with Crippen LogP contribution < -0.4 is 5.73 Å². The molecule has 0 aliphatic rings. The van der Waals surface area contributed by atoms with Crippen LogP contribution in [0.2, 0.25) is 0 Å². The van der Waals surface area contributed by atoms with Crippen molar-refractivity contribution in [2.24, 2.45) is 5.73 Å². The molecule has 1 unspecified atom stereocenters. The van der Waals surface area contributed by atoms with E-state index in [-0.39, 0.29) is 6.04 Å². The molecule has 4 nitrogen and oxygen atoms in total. The summed E-state index contributed by atoms with van der Waals surface area (Å²) in [6.07, 6.45) is 5.76. The average molecular weight is 312 g/mol. The molecule has 2 N–H and O–H groups in total. The SMILES string of the molecule is CCC(N)Cc1ccc(Sc2nnc(SC)s2)nc1. The molecule has 0 amide bonds. The Hall–Kier alpha value is -0.630. The molecule has 0 spiro atoms. The van der Waals surface area contributed by atoms with E-state index in [0.29, 0.717) is 0 Å². The van der Waals surface area contributed by atoms with Gasteiger partial charge in [-0.15, -0.1) is 10.2 Å². The van der Waals surface area contributed by atoms with Gasteiger partial charge in [0.05, 0.1) is 0 Å². The minimum atomic E-state index is 0.215. The number of hydrogen-bond donors (Lipinski definition) is 1. The van der Waals surface area contributed by atoms with E-state index >= 15 is 0 Å². The zero-order valence-corrected chi connectivity index (χ0v) is 13.3. The molecule has 102 valence electrons. The molecule has 2 aromatic heterocycles. The largest absolute Gasteiger partial charge is 0.327 e. The Kier molecular flexibility index (Phi) is 5.62. The topological polar surface area (TPSA) is 64.7 Å². The lowest BCUT2D eigenvalue weighted by Crippen LogP contribution is -2.21. The molecule has 0 bridgehead atoms. The van der Waals surface area contributed by atoms with Gasteiger partial charge in [0.2, 0.25) is 0 Å².